The molecule has 25 heavy (non-hydrogen) atoms. The van der Waals surface area contributed by atoms with Gasteiger partial charge < -0.3 is 11.8 Å². The van der Waals surface area contributed by atoms with Gasteiger partial charge in [0.1, 0.15) is 0 Å². The molecule has 7 heteroatoms. The zero-order valence-electron chi connectivity index (χ0n) is 17.5. The minimum absolute atomic E-state index is 0. The SMILES string of the molecule is CCCCCCCCCCCC(=O)N(CCNCC(=O)O)OCC.[H-].[Na+]. The van der Waals surface area contributed by atoms with Crippen molar-refractivity contribution >= 4 is 11.9 Å². The summed E-state index contributed by atoms with van der Waals surface area (Å²) >= 11 is 0. The van der Waals surface area contributed by atoms with Gasteiger partial charge in [-0.2, -0.15) is 0 Å². The van der Waals surface area contributed by atoms with Gasteiger partial charge in [0.05, 0.1) is 19.7 Å². The van der Waals surface area contributed by atoms with E-state index in [0.29, 0.717) is 26.1 Å². The number of hydroxylamine groups is 2. The van der Waals surface area contributed by atoms with Crippen molar-refractivity contribution in [2.75, 3.05) is 26.2 Å². The predicted octanol–water partition coefficient (Wildman–Crippen LogP) is 0.478. The van der Waals surface area contributed by atoms with Gasteiger partial charge in [0.2, 0.25) is 5.91 Å². The Morgan fingerprint density at radius 2 is 1.56 bits per heavy atom. The Morgan fingerprint density at radius 1 is 1.00 bits per heavy atom. The predicted molar refractivity (Wildman–Crippen MR) is 96.8 cm³/mol. The fourth-order valence-corrected chi connectivity index (χ4v) is 2.50. The van der Waals surface area contributed by atoms with Crippen LogP contribution in [0.15, 0.2) is 0 Å². The van der Waals surface area contributed by atoms with Crippen LogP contribution in [0, 0.1) is 0 Å². The molecule has 1 amide bonds. The number of nitrogens with zero attached hydrogens (tertiary/aromatic N) is 1. The van der Waals surface area contributed by atoms with E-state index >= 15 is 0 Å². The van der Waals surface area contributed by atoms with Crippen molar-refractivity contribution in [3.8, 4) is 0 Å². The molecule has 0 rings (SSSR count). The molecular formula is C18H37N2NaO4. The van der Waals surface area contributed by atoms with Crippen LogP contribution >= 0.6 is 0 Å². The first-order chi connectivity index (χ1) is 11.6. The number of carbonyl (C=O) groups excluding carboxylic acids is 1. The second kappa shape index (κ2) is 20.2. The van der Waals surface area contributed by atoms with E-state index in [1.165, 1.54) is 50.0 Å². The summed E-state index contributed by atoms with van der Waals surface area (Å²) in [6, 6.07) is 0. The van der Waals surface area contributed by atoms with Crippen molar-refractivity contribution in [1.82, 2.24) is 10.4 Å². The van der Waals surface area contributed by atoms with E-state index in [0.717, 1.165) is 12.8 Å². The van der Waals surface area contributed by atoms with Crippen molar-refractivity contribution in [1.29, 1.82) is 0 Å². The molecule has 0 heterocycles. The maximum atomic E-state index is 12.1. The summed E-state index contributed by atoms with van der Waals surface area (Å²) in [5.74, 6) is -0.920. The fourth-order valence-electron chi connectivity index (χ4n) is 2.50. The third-order valence-corrected chi connectivity index (χ3v) is 3.83. The van der Waals surface area contributed by atoms with E-state index < -0.39 is 5.97 Å². The monoisotopic (exact) mass is 368 g/mol. The zero-order valence-corrected chi connectivity index (χ0v) is 18.5. The van der Waals surface area contributed by atoms with Gasteiger partial charge in [0.25, 0.3) is 0 Å². The molecule has 0 aliphatic rings. The number of rotatable bonds is 17. The molecule has 0 saturated heterocycles. The topological polar surface area (TPSA) is 78.9 Å². The van der Waals surface area contributed by atoms with E-state index in [2.05, 4.69) is 12.2 Å². The summed E-state index contributed by atoms with van der Waals surface area (Å²) in [7, 11) is 0. The number of amides is 1. The number of carbonyl (C=O) groups is 2. The summed E-state index contributed by atoms with van der Waals surface area (Å²) < 4.78 is 0. The van der Waals surface area contributed by atoms with Crippen LogP contribution in [0.1, 0.15) is 79.5 Å². The number of carboxylic acids is 1. The second-order valence-electron chi connectivity index (χ2n) is 6.06. The van der Waals surface area contributed by atoms with Crippen LogP contribution in [-0.4, -0.2) is 48.3 Å². The van der Waals surface area contributed by atoms with E-state index in [1.54, 1.807) is 0 Å². The van der Waals surface area contributed by atoms with Gasteiger partial charge in [-0.25, -0.2) is 5.06 Å². The Morgan fingerprint density at radius 3 is 2.08 bits per heavy atom. The fraction of sp³-hybridized carbons (Fsp3) is 0.889. The molecule has 0 fully saturated rings. The summed E-state index contributed by atoms with van der Waals surface area (Å²) in [5, 5.41) is 12.7. The van der Waals surface area contributed by atoms with E-state index in [4.69, 9.17) is 9.94 Å². The number of carboxylic acid groups (broad SMARTS) is 1. The third-order valence-electron chi connectivity index (χ3n) is 3.83. The smallest absolute Gasteiger partial charge is 1.00 e. The molecule has 2 N–H and O–H groups in total. The standard InChI is InChI=1S/C18H36N2O4.Na.H/c1-3-5-6-7-8-9-10-11-12-13-17(21)20(24-4-2)15-14-19-16-18(22)23;;/h19H,3-16H2,1-2H3,(H,22,23);;/q;+1;-1. The normalized spacial score (nSPS) is 10.3. The Balaban J connectivity index is -0.00000264. The molecule has 6 nitrogen and oxygen atoms in total. The minimum atomic E-state index is -0.904. The molecule has 144 valence electrons. The minimum Gasteiger partial charge on any atom is -1.00 e. The number of hydrogen-bond acceptors (Lipinski definition) is 4. The maximum Gasteiger partial charge on any atom is 1.00 e. The summed E-state index contributed by atoms with van der Waals surface area (Å²) in [5.41, 5.74) is 0. The van der Waals surface area contributed by atoms with Crippen LogP contribution in [0.4, 0.5) is 0 Å². The van der Waals surface area contributed by atoms with E-state index in [-0.39, 0.29) is 43.4 Å². The van der Waals surface area contributed by atoms with Gasteiger partial charge in [-0.3, -0.25) is 14.4 Å². The Labute approximate surface area is 176 Å². The second-order valence-corrected chi connectivity index (χ2v) is 6.06. The molecule has 0 aromatic carbocycles. The molecule has 0 atom stereocenters. The van der Waals surface area contributed by atoms with Crippen molar-refractivity contribution in [2.24, 2.45) is 0 Å². The largest absolute Gasteiger partial charge is 1.00 e. The first-order valence-electron chi connectivity index (χ1n) is 9.47. The average Bonchev–Trinajstić information content (AvgIpc) is 2.55. The van der Waals surface area contributed by atoms with Gasteiger partial charge in [0.15, 0.2) is 0 Å². The number of hydrogen-bond donors (Lipinski definition) is 2. The molecule has 0 bridgehead atoms. The molecule has 0 unspecified atom stereocenters. The Kier molecular flexibility index (Phi) is 21.9. The van der Waals surface area contributed by atoms with Gasteiger partial charge in [-0.05, 0) is 13.3 Å². The molecule has 0 aromatic heterocycles. The maximum absolute atomic E-state index is 12.1. The number of aliphatic carboxylic acids is 1. The summed E-state index contributed by atoms with van der Waals surface area (Å²) in [4.78, 5) is 27.9. The Bertz CT molecular complexity index is 336. The van der Waals surface area contributed by atoms with Gasteiger partial charge in [-0.15, -0.1) is 0 Å². The summed E-state index contributed by atoms with van der Waals surface area (Å²) in [6.07, 6.45) is 11.5. The van der Waals surface area contributed by atoms with Crippen LogP contribution in [0.25, 0.3) is 0 Å². The van der Waals surface area contributed by atoms with Gasteiger partial charge >= 0.3 is 35.5 Å². The number of unbranched alkanes of at least 4 members (excludes halogenated alkanes) is 8. The quantitative estimate of drug-likeness (QED) is 0.222. The Hall–Kier alpha value is -0.140. The van der Waals surface area contributed by atoms with Crippen LogP contribution in [0.5, 0.6) is 0 Å². The van der Waals surface area contributed by atoms with Crippen LogP contribution in [0.3, 0.4) is 0 Å². The average molecular weight is 368 g/mol. The molecule has 0 aliphatic carbocycles. The molecule has 0 aromatic rings. The van der Waals surface area contributed by atoms with Crippen LogP contribution < -0.4 is 34.9 Å². The first-order valence-corrected chi connectivity index (χ1v) is 9.47. The van der Waals surface area contributed by atoms with E-state index in [9.17, 15) is 9.59 Å². The number of nitrogens with one attached hydrogen (secondary N) is 1. The molecule has 0 aliphatic heterocycles. The molecule has 0 radical (unpaired) electrons. The zero-order chi connectivity index (χ0) is 18.0. The molecular weight excluding hydrogens is 331 g/mol. The molecule has 0 saturated carbocycles. The van der Waals surface area contributed by atoms with Crippen molar-refractivity contribution < 1.29 is 50.5 Å². The van der Waals surface area contributed by atoms with Crippen LogP contribution in [0.2, 0.25) is 0 Å². The van der Waals surface area contributed by atoms with Gasteiger partial charge in [0, 0.05) is 13.0 Å². The first kappa shape index (κ1) is 27.1. The third kappa shape index (κ3) is 18.4. The van der Waals surface area contributed by atoms with E-state index in [1.807, 2.05) is 6.92 Å². The van der Waals surface area contributed by atoms with Crippen molar-refractivity contribution in [3.63, 3.8) is 0 Å². The van der Waals surface area contributed by atoms with Crippen molar-refractivity contribution in [2.45, 2.75) is 78.1 Å². The van der Waals surface area contributed by atoms with Crippen molar-refractivity contribution in [3.05, 3.63) is 0 Å². The molecule has 0 spiro atoms. The van der Waals surface area contributed by atoms with Crippen LogP contribution in [-0.2, 0) is 14.4 Å². The van der Waals surface area contributed by atoms with Gasteiger partial charge in [-0.1, -0.05) is 58.3 Å². The summed E-state index contributed by atoms with van der Waals surface area (Å²) in [6.45, 7) is 5.18.